The van der Waals surface area contributed by atoms with Crippen LogP contribution in [0.5, 0.6) is 11.5 Å². The van der Waals surface area contributed by atoms with Gasteiger partial charge in [0.1, 0.15) is 11.5 Å². The average Bonchev–Trinajstić information content (AvgIpc) is 2.59. The number of anilines is 1. The van der Waals surface area contributed by atoms with Gasteiger partial charge in [0.05, 0.1) is 0 Å². The molecule has 2 aromatic carbocycles. The molecule has 4 heteroatoms. The van der Waals surface area contributed by atoms with Crippen LogP contribution >= 0.6 is 0 Å². The zero-order chi connectivity index (χ0) is 17.5. The van der Waals surface area contributed by atoms with E-state index >= 15 is 0 Å². The quantitative estimate of drug-likeness (QED) is 0.876. The molecule has 0 bridgehead atoms. The third-order valence-corrected chi connectivity index (χ3v) is 5.03. The van der Waals surface area contributed by atoms with E-state index in [1.54, 1.807) is 0 Å². The standard InChI is InChI=1S/C20H23NO3/c1-12-13(2)18-16(14(3)17(12)22)10-11-20(4,24-18)19(23)21-15-8-6-5-7-9-15/h5-9,22H,10-11H2,1-4H3,(H,21,23). The maximum absolute atomic E-state index is 12.8. The van der Waals surface area contributed by atoms with E-state index in [0.29, 0.717) is 18.6 Å². The fraction of sp³-hybridized carbons (Fsp3) is 0.350. The van der Waals surface area contributed by atoms with E-state index < -0.39 is 5.60 Å². The smallest absolute Gasteiger partial charge is 0.268 e. The van der Waals surface area contributed by atoms with Crippen molar-refractivity contribution in [2.75, 3.05) is 5.32 Å². The fourth-order valence-corrected chi connectivity index (χ4v) is 3.19. The predicted octanol–water partition coefficient (Wildman–Crippen LogP) is 4.04. The summed E-state index contributed by atoms with van der Waals surface area (Å²) in [6.07, 6.45) is 1.27. The van der Waals surface area contributed by atoms with E-state index in [-0.39, 0.29) is 5.91 Å². The van der Waals surface area contributed by atoms with Crippen LogP contribution in [0.1, 0.15) is 35.6 Å². The molecule has 4 nitrogen and oxygen atoms in total. The van der Waals surface area contributed by atoms with Crippen molar-refractivity contribution < 1.29 is 14.6 Å². The first-order valence-corrected chi connectivity index (χ1v) is 8.20. The number of ether oxygens (including phenoxy) is 1. The summed E-state index contributed by atoms with van der Waals surface area (Å²) in [7, 11) is 0. The molecule has 1 atom stereocenters. The normalized spacial score (nSPS) is 19.3. The summed E-state index contributed by atoms with van der Waals surface area (Å²) >= 11 is 0. The second-order valence-electron chi connectivity index (χ2n) is 6.68. The van der Waals surface area contributed by atoms with Gasteiger partial charge >= 0.3 is 0 Å². The minimum atomic E-state index is -0.927. The Labute approximate surface area is 142 Å². The number of nitrogens with one attached hydrogen (secondary N) is 1. The van der Waals surface area contributed by atoms with Gasteiger partial charge in [-0.05, 0) is 62.9 Å². The summed E-state index contributed by atoms with van der Waals surface area (Å²) < 4.78 is 6.18. The van der Waals surface area contributed by atoms with Crippen LogP contribution in [-0.4, -0.2) is 16.6 Å². The monoisotopic (exact) mass is 325 g/mol. The van der Waals surface area contributed by atoms with E-state index in [9.17, 15) is 9.90 Å². The van der Waals surface area contributed by atoms with Crippen LogP contribution in [0.2, 0.25) is 0 Å². The molecule has 0 saturated heterocycles. The number of carbonyl (C=O) groups is 1. The van der Waals surface area contributed by atoms with E-state index in [1.807, 2.05) is 58.0 Å². The van der Waals surface area contributed by atoms with E-state index in [0.717, 1.165) is 33.7 Å². The molecule has 1 aliphatic rings. The molecule has 1 aliphatic heterocycles. The average molecular weight is 325 g/mol. The van der Waals surface area contributed by atoms with Gasteiger partial charge in [-0.2, -0.15) is 0 Å². The highest BCUT2D eigenvalue weighted by molar-refractivity contribution is 5.97. The Bertz CT molecular complexity index is 799. The summed E-state index contributed by atoms with van der Waals surface area (Å²) in [5, 5.41) is 13.2. The Morgan fingerprint density at radius 2 is 1.79 bits per heavy atom. The lowest BCUT2D eigenvalue weighted by atomic mass is 9.86. The molecular formula is C20H23NO3. The summed E-state index contributed by atoms with van der Waals surface area (Å²) in [5.74, 6) is 0.911. The highest BCUT2D eigenvalue weighted by Crippen LogP contribution is 2.43. The van der Waals surface area contributed by atoms with Crippen LogP contribution in [0.25, 0.3) is 0 Å². The first-order chi connectivity index (χ1) is 11.3. The maximum atomic E-state index is 12.8. The third-order valence-electron chi connectivity index (χ3n) is 5.03. The Kier molecular flexibility index (Phi) is 3.99. The second kappa shape index (κ2) is 5.86. The first-order valence-electron chi connectivity index (χ1n) is 8.20. The maximum Gasteiger partial charge on any atom is 0.268 e. The lowest BCUT2D eigenvalue weighted by molar-refractivity contribution is -0.131. The molecule has 0 radical (unpaired) electrons. The Morgan fingerprint density at radius 1 is 1.12 bits per heavy atom. The zero-order valence-electron chi connectivity index (χ0n) is 14.6. The molecule has 3 rings (SSSR count). The number of benzene rings is 2. The largest absolute Gasteiger partial charge is 0.507 e. The van der Waals surface area contributed by atoms with Crippen LogP contribution in [-0.2, 0) is 11.2 Å². The summed E-state index contributed by atoms with van der Waals surface area (Å²) in [4.78, 5) is 12.8. The van der Waals surface area contributed by atoms with Crippen molar-refractivity contribution in [3.63, 3.8) is 0 Å². The van der Waals surface area contributed by atoms with Gasteiger partial charge in [0, 0.05) is 17.7 Å². The number of phenolic OH excluding ortho intramolecular Hbond substituents is 1. The molecule has 1 unspecified atom stereocenters. The Morgan fingerprint density at radius 3 is 2.46 bits per heavy atom. The van der Waals surface area contributed by atoms with Gasteiger partial charge in [-0.1, -0.05) is 18.2 Å². The van der Waals surface area contributed by atoms with Crippen molar-refractivity contribution in [3.05, 3.63) is 52.6 Å². The van der Waals surface area contributed by atoms with Crippen molar-refractivity contribution in [2.45, 2.75) is 46.1 Å². The second-order valence-corrected chi connectivity index (χ2v) is 6.68. The van der Waals surface area contributed by atoms with E-state index in [4.69, 9.17) is 4.74 Å². The topological polar surface area (TPSA) is 58.6 Å². The lowest BCUT2D eigenvalue weighted by Gasteiger charge is -2.36. The Balaban J connectivity index is 1.92. The zero-order valence-corrected chi connectivity index (χ0v) is 14.6. The van der Waals surface area contributed by atoms with Crippen molar-refractivity contribution in [1.29, 1.82) is 0 Å². The minimum Gasteiger partial charge on any atom is -0.507 e. The first kappa shape index (κ1) is 16.4. The molecule has 126 valence electrons. The molecule has 2 aromatic rings. The van der Waals surface area contributed by atoms with Crippen LogP contribution < -0.4 is 10.1 Å². The summed E-state index contributed by atoms with van der Waals surface area (Å²) in [6, 6.07) is 9.39. The van der Waals surface area contributed by atoms with Gasteiger partial charge < -0.3 is 15.2 Å². The fourth-order valence-electron chi connectivity index (χ4n) is 3.19. The number of rotatable bonds is 2. The van der Waals surface area contributed by atoms with Gasteiger partial charge in [-0.3, -0.25) is 4.79 Å². The van der Waals surface area contributed by atoms with Gasteiger partial charge in [0.25, 0.3) is 5.91 Å². The molecule has 2 N–H and O–H groups in total. The molecule has 1 heterocycles. The van der Waals surface area contributed by atoms with Gasteiger partial charge in [0.2, 0.25) is 0 Å². The van der Waals surface area contributed by atoms with Crippen molar-refractivity contribution >= 4 is 11.6 Å². The molecule has 0 aliphatic carbocycles. The minimum absolute atomic E-state index is 0.151. The van der Waals surface area contributed by atoms with Gasteiger partial charge in [-0.15, -0.1) is 0 Å². The third kappa shape index (κ3) is 2.62. The highest BCUT2D eigenvalue weighted by Gasteiger charge is 2.40. The van der Waals surface area contributed by atoms with E-state index in [1.165, 1.54) is 0 Å². The lowest BCUT2D eigenvalue weighted by Crippen LogP contribution is -2.48. The number of phenols is 1. The number of carbonyl (C=O) groups excluding carboxylic acids is 1. The van der Waals surface area contributed by atoms with Gasteiger partial charge in [0.15, 0.2) is 5.60 Å². The summed E-state index contributed by atoms with van der Waals surface area (Å²) in [6.45, 7) is 7.52. The number of para-hydroxylation sites is 1. The van der Waals surface area contributed by atoms with Crippen LogP contribution in [0.4, 0.5) is 5.69 Å². The van der Waals surface area contributed by atoms with E-state index in [2.05, 4.69) is 5.32 Å². The van der Waals surface area contributed by atoms with Crippen molar-refractivity contribution in [1.82, 2.24) is 0 Å². The highest BCUT2D eigenvalue weighted by atomic mass is 16.5. The van der Waals surface area contributed by atoms with Gasteiger partial charge in [-0.25, -0.2) is 0 Å². The SMILES string of the molecule is Cc1c(C)c2c(c(C)c1O)CCC(C)(C(=O)Nc1ccccc1)O2. The van der Waals surface area contributed by atoms with Crippen LogP contribution in [0, 0.1) is 20.8 Å². The van der Waals surface area contributed by atoms with Crippen molar-refractivity contribution in [2.24, 2.45) is 0 Å². The number of hydrogen-bond donors (Lipinski definition) is 2. The number of amides is 1. The molecule has 0 fully saturated rings. The van der Waals surface area contributed by atoms with Crippen LogP contribution in [0.3, 0.4) is 0 Å². The summed E-state index contributed by atoms with van der Waals surface area (Å²) in [5.41, 5.74) is 3.38. The molecule has 0 aromatic heterocycles. The van der Waals surface area contributed by atoms with Crippen LogP contribution in [0.15, 0.2) is 30.3 Å². The molecule has 1 amide bonds. The Hall–Kier alpha value is -2.49. The number of aromatic hydroxyl groups is 1. The molecule has 24 heavy (non-hydrogen) atoms. The molecule has 0 saturated carbocycles. The van der Waals surface area contributed by atoms with Crippen molar-refractivity contribution in [3.8, 4) is 11.5 Å². The molecule has 0 spiro atoms. The predicted molar refractivity (Wildman–Crippen MR) is 94.7 cm³/mol. The molecular weight excluding hydrogens is 302 g/mol. The number of hydrogen-bond acceptors (Lipinski definition) is 3. The number of fused-ring (bicyclic) bond motifs is 1.